The van der Waals surface area contributed by atoms with E-state index in [1.54, 1.807) is 24.3 Å². The van der Waals surface area contributed by atoms with Crippen LogP contribution in [0, 0.1) is 11.3 Å². The predicted octanol–water partition coefficient (Wildman–Crippen LogP) is 0.916. The quantitative estimate of drug-likeness (QED) is 0.794. The number of hydrogen-bond acceptors (Lipinski definition) is 4. The minimum atomic E-state index is -0.983. The van der Waals surface area contributed by atoms with Gasteiger partial charge in [-0.15, -0.1) is 0 Å². The van der Waals surface area contributed by atoms with Crippen LogP contribution in [-0.4, -0.2) is 29.6 Å². The second-order valence-corrected chi connectivity index (χ2v) is 3.80. The van der Waals surface area contributed by atoms with Crippen LogP contribution in [0.5, 0.6) is 5.75 Å². The number of benzene rings is 1. The number of carboxylic acid groups (broad SMARTS) is 1. The number of hydrogen-bond donors (Lipinski definition) is 2. The molecule has 0 bridgehead atoms. The van der Waals surface area contributed by atoms with Gasteiger partial charge in [-0.2, -0.15) is 5.26 Å². The first-order valence-electron chi connectivity index (χ1n) is 5.70. The first-order chi connectivity index (χ1) is 9.04. The van der Waals surface area contributed by atoms with E-state index in [4.69, 9.17) is 15.1 Å². The first-order valence-corrected chi connectivity index (χ1v) is 5.70. The molecular weight excluding hydrogens is 248 g/mol. The highest BCUT2D eigenvalue weighted by Crippen LogP contribution is 2.17. The van der Waals surface area contributed by atoms with Crippen molar-refractivity contribution in [2.24, 2.45) is 0 Å². The minimum absolute atomic E-state index is 0.0434. The highest BCUT2D eigenvalue weighted by atomic mass is 16.5. The number of carboxylic acids is 1. The van der Waals surface area contributed by atoms with Gasteiger partial charge in [0.1, 0.15) is 11.8 Å². The van der Waals surface area contributed by atoms with Crippen molar-refractivity contribution in [3.8, 4) is 11.8 Å². The number of ether oxygens (including phenoxy) is 1. The lowest BCUT2D eigenvalue weighted by molar-refractivity contribution is -0.137. The monoisotopic (exact) mass is 262 g/mol. The van der Waals surface area contributed by atoms with Crippen molar-refractivity contribution in [1.82, 2.24) is 5.32 Å². The molecule has 0 heterocycles. The average molecular weight is 262 g/mol. The number of nitriles is 1. The van der Waals surface area contributed by atoms with Crippen molar-refractivity contribution in [3.63, 3.8) is 0 Å². The molecule has 1 rings (SSSR count). The van der Waals surface area contributed by atoms with Crippen LogP contribution in [-0.2, 0) is 9.59 Å². The average Bonchev–Trinajstić information content (AvgIpc) is 2.38. The predicted molar refractivity (Wildman–Crippen MR) is 66.5 cm³/mol. The van der Waals surface area contributed by atoms with Crippen molar-refractivity contribution in [2.75, 3.05) is 6.54 Å². The van der Waals surface area contributed by atoms with Crippen LogP contribution >= 0.6 is 0 Å². The Bertz CT molecular complexity index is 508. The summed E-state index contributed by atoms with van der Waals surface area (Å²) in [6.07, 6.45) is -0.948. The van der Waals surface area contributed by atoms with Crippen LogP contribution in [0.1, 0.15) is 18.9 Å². The highest BCUT2D eigenvalue weighted by Gasteiger charge is 2.15. The summed E-state index contributed by atoms with van der Waals surface area (Å²) in [4.78, 5) is 21.9. The molecule has 0 spiro atoms. The molecular formula is C13H14N2O4. The highest BCUT2D eigenvalue weighted by molar-refractivity contribution is 5.81. The Morgan fingerprint density at radius 1 is 1.47 bits per heavy atom. The van der Waals surface area contributed by atoms with Gasteiger partial charge in [-0.25, -0.2) is 0 Å². The van der Waals surface area contributed by atoms with Crippen molar-refractivity contribution < 1.29 is 19.4 Å². The molecule has 0 aliphatic carbocycles. The van der Waals surface area contributed by atoms with Gasteiger partial charge in [0, 0.05) is 6.54 Å². The molecule has 6 nitrogen and oxygen atoms in total. The Morgan fingerprint density at radius 2 is 2.16 bits per heavy atom. The second kappa shape index (κ2) is 7.01. The van der Waals surface area contributed by atoms with Crippen LogP contribution in [0.25, 0.3) is 0 Å². The first kappa shape index (κ1) is 14.5. The minimum Gasteiger partial charge on any atom is -0.481 e. The molecule has 1 atom stereocenters. The van der Waals surface area contributed by atoms with Crippen LogP contribution in [0.3, 0.4) is 0 Å². The smallest absolute Gasteiger partial charge is 0.305 e. The van der Waals surface area contributed by atoms with Gasteiger partial charge in [-0.05, 0) is 19.1 Å². The standard InChI is InChI=1S/C13H14N2O4/c1-9(13(18)15-7-6-12(16)17)19-11-5-3-2-4-10(11)8-14/h2-5,9H,6-7H2,1H3,(H,15,18)(H,16,17). The molecule has 0 fully saturated rings. The summed E-state index contributed by atoms with van der Waals surface area (Å²) < 4.78 is 5.37. The third-order valence-corrected chi connectivity index (χ3v) is 2.32. The molecule has 6 heteroatoms. The number of nitrogens with one attached hydrogen (secondary N) is 1. The Hall–Kier alpha value is -2.55. The van der Waals surface area contributed by atoms with Crippen LogP contribution in [0.15, 0.2) is 24.3 Å². The number of nitrogens with zero attached hydrogens (tertiary/aromatic N) is 1. The van der Waals surface area contributed by atoms with Gasteiger partial charge in [0.05, 0.1) is 12.0 Å². The number of aliphatic carboxylic acids is 1. The molecule has 1 aromatic rings. The third-order valence-electron chi connectivity index (χ3n) is 2.32. The van der Waals surface area contributed by atoms with E-state index in [2.05, 4.69) is 5.32 Å². The Balaban J connectivity index is 2.54. The molecule has 19 heavy (non-hydrogen) atoms. The van der Waals surface area contributed by atoms with Crippen molar-refractivity contribution in [1.29, 1.82) is 5.26 Å². The van der Waals surface area contributed by atoms with E-state index >= 15 is 0 Å². The van der Waals surface area contributed by atoms with E-state index in [0.29, 0.717) is 11.3 Å². The van der Waals surface area contributed by atoms with Gasteiger partial charge < -0.3 is 15.2 Å². The third kappa shape index (κ3) is 4.68. The normalized spacial score (nSPS) is 11.2. The fraction of sp³-hybridized carbons (Fsp3) is 0.308. The van der Waals surface area contributed by atoms with E-state index in [-0.39, 0.29) is 13.0 Å². The van der Waals surface area contributed by atoms with Gasteiger partial charge in [0.25, 0.3) is 5.91 Å². The maximum atomic E-state index is 11.6. The van der Waals surface area contributed by atoms with Gasteiger partial charge in [-0.3, -0.25) is 9.59 Å². The van der Waals surface area contributed by atoms with Gasteiger partial charge >= 0.3 is 5.97 Å². The summed E-state index contributed by atoms with van der Waals surface area (Å²) in [5.74, 6) is -1.08. The maximum absolute atomic E-state index is 11.6. The summed E-state index contributed by atoms with van der Waals surface area (Å²) in [6.45, 7) is 1.58. The van der Waals surface area contributed by atoms with E-state index in [1.165, 1.54) is 6.92 Å². The number of amides is 1. The van der Waals surface area contributed by atoms with Crippen LogP contribution in [0.4, 0.5) is 0 Å². The molecule has 0 aromatic heterocycles. The van der Waals surface area contributed by atoms with Crippen LogP contribution < -0.4 is 10.1 Å². The van der Waals surface area contributed by atoms with Crippen molar-refractivity contribution in [3.05, 3.63) is 29.8 Å². The number of carbonyl (C=O) groups is 2. The number of para-hydroxylation sites is 1. The molecule has 0 saturated carbocycles. The molecule has 2 N–H and O–H groups in total. The van der Waals surface area contributed by atoms with Crippen LogP contribution in [0.2, 0.25) is 0 Å². The molecule has 0 saturated heterocycles. The lowest BCUT2D eigenvalue weighted by Gasteiger charge is -2.15. The summed E-state index contributed by atoms with van der Waals surface area (Å²) >= 11 is 0. The summed E-state index contributed by atoms with van der Waals surface area (Å²) in [5.41, 5.74) is 0.340. The van der Waals surface area contributed by atoms with E-state index < -0.39 is 18.0 Å². The Labute approximate surface area is 110 Å². The van der Waals surface area contributed by atoms with Crippen molar-refractivity contribution >= 4 is 11.9 Å². The van der Waals surface area contributed by atoms with Gasteiger partial charge in [-0.1, -0.05) is 12.1 Å². The van der Waals surface area contributed by atoms with E-state index in [0.717, 1.165) is 0 Å². The lowest BCUT2D eigenvalue weighted by Crippen LogP contribution is -2.37. The van der Waals surface area contributed by atoms with Gasteiger partial charge in [0.2, 0.25) is 0 Å². The van der Waals surface area contributed by atoms with Gasteiger partial charge in [0.15, 0.2) is 6.10 Å². The Kier molecular flexibility index (Phi) is 5.35. The molecule has 1 unspecified atom stereocenters. The molecule has 0 aliphatic rings. The molecule has 100 valence electrons. The number of carbonyl (C=O) groups excluding carboxylic acids is 1. The maximum Gasteiger partial charge on any atom is 0.305 e. The molecule has 0 radical (unpaired) electrons. The lowest BCUT2D eigenvalue weighted by atomic mass is 10.2. The summed E-state index contributed by atoms with van der Waals surface area (Å²) in [6, 6.07) is 8.55. The largest absolute Gasteiger partial charge is 0.481 e. The summed E-state index contributed by atoms with van der Waals surface area (Å²) in [5, 5.41) is 19.8. The zero-order valence-corrected chi connectivity index (χ0v) is 10.4. The Morgan fingerprint density at radius 3 is 2.79 bits per heavy atom. The second-order valence-electron chi connectivity index (χ2n) is 3.80. The van der Waals surface area contributed by atoms with E-state index in [1.807, 2.05) is 6.07 Å². The zero-order chi connectivity index (χ0) is 14.3. The molecule has 1 amide bonds. The number of rotatable bonds is 6. The molecule has 0 aliphatic heterocycles. The zero-order valence-electron chi connectivity index (χ0n) is 10.4. The fourth-order valence-electron chi connectivity index (χ4n) is 1.34. The SMILES string of the molecule is CC(Oc1ccccc1C#N)C(=O)NCCC(=O)O. The van der Waals surface area contributed by atoms with E-state index in [9.17, 15) is 9.59 Å². The fourth-order valence-corrected chi connectivity index (χ4v) is 1.34. The van der Waals surface area contributed by atoms with Crippen molar-refractivity contribution in [2.45, 2.75) is 19.4 Å². The topological polar surface area (TPSA) is 99.4 Å². The molecule has 1 aromatic carbocycles. The summed E-state index contributed by atoms with van der Waals surface area (Å²) in [7, 11) is 0.